The smallest absolute Gasteiger partial charge is 0.231 e. The first-order chi connectivity index (χ1) is 16.0. The third-order valence-corrected chi connectivity index (χ3v) is 5.94. The van der Waals surface area contributed by atoms with E-state index in [1.165, 1.54) is 21.3 Å². The number of rotatable bonds is 8. The Balaban J connectivity index is 1.50. The molecular formula is C24H28N2O7. The number of benzene rings is 2. The molecule has 0 saturated carbocycles. The van der Waals surface area contributed by atoms with Crippen LogP contribution in [-0.2, 0) is 16.1 Å². The maximum atomic E-state index is 13.3. The average Bonchev–Trinajstić information content (AvgIpc) is 3.47. The second-order valence-corrected chi connectivity index (χ2v) is 7.83. The minimum atomic E-state index is -0.439. The van der Waals surface area contributed by atoms with Crippen LogP contribution in [0.15, 0.2) is 30.3 Å². The second-order valence-electron chi connectivity index (χ2n) is 7.83. The number of hydrogen-bond donors (Lipinski definition) is 0. The first kappa shape index (κ1) is 22.6. The number of fused-ring (bicyclic) bond motifs is 1. The largest absolute Gasteiger partial charge is 0.493 e. The highest BCUT2D eigenvalue weighted by Crippen LogP contribution is 2.42. The number of ether oxygens (including phenoxy) is 5. The highest BCUT2D eigenvalue weighted by Gasteiger charge is 2.37. The molecule has 9 heteroatoms. The lowest BCUT2D eigenvalue weighted by molar-refractivity contribution is -0.136. The van der Waals surface area contributed by atoms with Gasteiger partial charge in [0.05, 0.1) is 32.9 Å². The van der Waals surface area contributed by atoms with E-state index < -0.39 is 5.92 Å². The van der Waals surface area contributed by atoms with Crippen LogP contribution in [0, 0.1) is 5.92 Å². The van der Waals surface area contributed by atoms with E-state index in [0.717, 1.165) is 5.56 Å². The molecule has 2 aromatic rings. The van der Waals surface area contributed by atoms with Crippen molar-refractivity contribution in [2.75, 3.05) is 46.1 Å². The van der Waals surface area contributed by atoms with E-state index in [2.05, 4.69) is 0 Å². The zero-order chi connectivity index (χ0) is 23.5. The van der Waals surface area contributed by atoms with Gasteiger partial charge in [-0.25, -0.2) is 0 Å². The van der Waals surface area contributed by atoms with Crippen molar-refractivity contribution in [1.82, 2.24) is 4.90 Å². The Morgan fingerprint density at radius 1 is 1.06 bits per heavy atom. The number of amides is 2. The van der Waals surface area contributed by atoms with Crippen molar-refractivity contribution in [2.24, 2.45) is 5.92 Å². The van der Waals surface area contributed by atoms with Gasteiger partial charge in [-0.3, -0.25) is 9.59 Å². The fourth-order valence-electron chi connectivity index (χ4n) is 4.21. The van der Waals surface area contributed by atoms with Gasteiger partial charge in [0.15, 0.2) is 23.0 Å². The molecule has 2 aliphatic rings. The lowest BCUT2D eigenvalue weighted by Gasteiger charge is -2.25. The van der Waals surface area contributed by atoms with E-state index in [4.69, 9.17) is 23.7 Å². The van der Waals surface area contributed by atoms with Gasteiger partial charge in [-0.15, -0.1) is 0 Å². The van der Waals surface area contributed by atoms with Crippen LogP contribution < -0.4 is 28.6 Å². The normalized spacial score (nSPS) is 16.7. The van der Waals surface area contributed by atoms with Crippen molar-refractivity contribution in [3.8, 4) is 28.7 Å². The summed E-state index contributed by atoms with van der Waals surface area (Å²) in [4.78, 5) is 29.5. The molecule has 2 amide bonds. The molecule has 1 atom stereocenters. The molecule has 1 unspecified atom stereocenters. The van der Waals surface area contributed by atoms with Gasteiger partial charge in [0, 0.05) is 38.2 Å². The van der Waals surface area contributed by atoms with E-state index >= 15 is 0 Å². The molecule has 0 radical (unpaired) electrons. The van der Waals surface area contributed by atoms with Gasteiger partial charge in [-0.1, -0.05) is 6.07 Å². The summed E-state index contributed by atoms with van der Waals surface area (Å²) in [6.07, 6.45) is 0.146. The maximum Gasteiger partial charge on any atom is 0.231 e. The van der Waals surface area contributed by atoms with Gasteiger partial charge < -0.3 is 33.5 Å². The highest BCUT2D eigenvalue weighted by atomic mass is 16.7. The molecule has 2 heterocycles. The highest BCUT2D eigenvalue weighted by molar-refractivity contribution is 6.00. The molecular weight excluding hydrogens is 428 g/mol. The van der Waals surface area contributed by atoms with Crippen LogP contribution in [0.2, 0.25) is 0 Å². The van der Waals surface area contributed by atoms with Crippen LogP contribution in [0.1, 0.15) is 18.9 Å². The molecule has 4 rings (SSSR count). The Hall–Kier alpha value is -3.62. The zero-order valence-corrected chi connectivity index (χ0v) is 19.3. The van der Waals surface area contributed by atoms with E-state index in [-0.39, 0.29) is 31.6 Å². The topological polar surface area (TPSA) is 86.8 Å². The molecule has 0 N–H and O–H groups in total. The molecule has 0 spiro atoms. The van der Waals surface area contributed by atoms with Crippen molar-refractivity contribution >= 4 is 17.5 Å². The molecule has 0 bridgehead atoms. The Bertz CT molecular complexity index is 1030. The summed E-state index contributed by atoms with van der Waals surface area (Å²) in [6.45, 7) is 3.38. The van der Waals surface area contributed by atoms with Crippen LogP contribution in [-0.4, -0.2) is 57.9 Å². The van der Waals surface area contributed by atoms with E-state index in [9.17, 15) is 9.59 Å². The summed E-state index contributed by atoms with van der Waals surface area (Å²) in [7, 11) is 4.57. The van der Waals surface area contributed by atoms with Crippen LogP contribution in [0.3, 0.4) is 0 Å². The SMILES string of the molecule is CCN(Cc1ccc2c(c1)OCO2)C(=O)C1CC(=O)N(c2cc(OC)c(OC)c(OC)c2)C1. The molecule has 9 nitrogen and oxygen atoms in total. The zero-order valence-electron chi connectivity index (χ0n) is 19.3. The average molecular weight is 456 g/mol. The predicted octanol–water partition coefficient (Wildman–Crippen LogP) is 2.84. The van der Waals surface area contributed by atoms with Crippen molar-refractivity contribution in [1.29, 1.82) is 0 Å². The summed E-state index contributed by atoms with van der Waals surface area (Å²) in [5.41, 5.74) is 1.55. The van der Waals surface area contributed by atoms with Crippen molar-refractivity contribution in [3.05, 3.63) is 35.9 Å². The van der Waals surface area contributed by atoms with Crippen molar-refractivity contribution in [3.63, 3.8) is 0 Å². The number of hydrogen-bond acceptors (Lipinski definition) is 7. The lowest BCUT2D eigenvalue weighted by Crippen LogP contribution is -2.37. The third kappa shape index (κ3) is 4.35. The number of nitrogens with zero attached hydrogens (tertiary/aromatic N) is 2. The van der Waals surface area contributed by atoms with Gasteiger partial charge >= 0.3 is 0 Å². The Morgan fingerprint density at radius 3 is 2.39 bits per heavy atom. The fraction of sp³-hybridized carbons (Fsp3) is 0.417. The molecule has 0 aromatic heterocycles. The summed E-state index contributed by atoms with van der Waals surface area (Å²) in [6, 6.07) is 9.10. The van der Waals surface area contributed by atoms with Gasteiger partial charge in [0.1, 0.15) is 0 Å². The standard InChI is InChI=1S/C24H28N2O7/c1-5-25(12-15-6-7-18-19(8-15)33-14-32-18)24(28)16-9-22(27)26(13-16)17-10-20(29-2)23(31-4)21(11-17)30-3/h6-8,10-11,16H,5,9,12-14H2,1-4H3. The third-order valence-electron chi connectivity index (χ3n) is 5.94. The summed E-state index contributed by atoms with van der Waals surface area (Å²) < 4.78 is 27.0. The maximum absolute atomic E-state index is 13.3. The summed E-state index contributed by atoms with van der Waals surface area (Å²) >= 11 is 0. The lowest BCUT2D eigenvalue weighted by atomic mass is 10.1. The van der Waals surface area contributed by atoms with Crippen LogP contribution >= 0.6 is 0 Å². The van der Waals surface area contributed by atoms with Crippen LogP contribution in [0.5, 0.6) is 28.7 Å². The van der Waals surface area contributed by atoms with Gasteiger partial charge in [-0.05, 0) is 24.6 Å². The fourth-order valence-corrected chi connectivity index (χ4v) is 4.21. The first-order valence-corrected chi connectivity index (χ1v) is 10.8. The number of methoxy groups -OCH3 is 3. The van der Waals surface area contributed by atoms with Gasteiger partial charge in [0.2, 0.25) is 24.4 Å². The van der Waals surface area contributed by atoms with Crippen molar-refractivity contribution < 1.29 is 33.3 Å². The summed E-state index contributed by atoms with van der Waals surface area (Å²) in [5, 5.41) is 0. The first-order valence-electron chi connectivity index (χ1n) is 10.8. The Labute approximate surface area is 192 Å². The van der Waals surface area contributed by atoms with Crippen LogP contribution in [0.25, 0.3) is 0 Å². The molecule has 2 aromatic carbocycles. The second kappa shape index (κ2) is 9.48. The number of anilines is 1. The molecule has 2 aliphatic heterocycles. The van der Waals surface area contributed by atoms with Crippen molar-refractivity contribution in [2.45, 2.75) is 19.9 Å². The van der Waals surface area contributed by atoms with Gasteiger partial charge in [-0.2, -0.15) is 0 Å². The van der Waals surface area contributed by atoms with E-state index in [1.54, 1.807) is 21.9 Å². The van der Waals surface area contributed by atoms with E-state index in [0.29, 0.717) is 47.5 Å². The molecule has 1 fully saturated rings. The predicted molar refractivity (Wildman–Crippen MR) is 120 cm³/mol. The minimum absolute atomic E-state index is 0.0570. The Kier molecular flexibility index (Phi) is 6.48. The van der Waals surface area contributed by atoms with Crippen LogP contribution in [0.4, 0.5) is 5.69 Å². The number of carbonyl (C=O) groups is 2. The summed E-state index contributed by atoms with van der Waals surface area (Å²) in [5.74, 6) is 2.12. The Morgan fingerprint density at radius 2 is 1.76 bits per heavy atom. The quantitative estimate of drug-likeness (QED) is 0.604. The molecule has 33 heavy (non-hydrogen) atoms. The monoisotopic (exact) mass is 456 g/mol. The van der Waals surface area contributed by atoms with E-state index in [1.807, 2.05) is 25.1 Å². The number of carbonyl (C=O) groups excluding carboxylic acids is 2. The molecule has 1 saturated heterocycles. The van der Waals surface area contributed by atoms with Gasteiger partial charge in [0.25, 0.3) is 0 Å². The molecule has 176 valence electrons. The molecule has 0 aliphatic carbocycles. The minimum Gasteiger partial charge on any atom is -0.493 e.